The van der Waals surface area contributed by atoms with Crippen molar-refractivity contribution < 1.29 is 17.5 Å². The lowest BCUT2D eigenvalue weighted by atomic mass is 10.9. The minimum Gasteiger partial charge on any atom is -0.281 e. The first-order valence-corrected chi connectivity index (χ1v) is 3.11. The Labute approximate surface area is 40.2 Å². The molecule has 0 aliphatic rings. The van der Waals surface area contributed by atoms with Gasteiger partial charge in [-0.3, -0.25) is 4.52 Å². The molecule has 0 amide bonds. The summed E-state index contributed by atoms with van der Waals surface area (Å²) >= 11 is 0. The highest BCUT2D eigenvalue weighted by Gasteiger charge is 2.17. The van der Waals surface area contributed by atoms with Gasteiger partial charge in [-0.25, -0.2) is 4.57 Å². The topological polar surface area (TPSA) is 26.3 Å². The maximum absolute atomic E-state index is 11.1. The summed E-state index contributed by atoms with van der Waals surface area (Å²) in [4.78, 5) is 0. The molecule has 0 aromatic heterocycles. The number of rotatable bonds is 2. The summed E-state index contributed by atoms with van der Waals surface area (Å²) in [6, 6.07) is 0. The van der Waals surface area contributed by atoms with Crippen LogP contribution in [0.3, 0.4) is 0 Å². The van der Waals surface area contributed by atoms with Crippen LogP contribution in [0.2, 0.25) is 0 Å². The van der Waals surface area contributed by atoms with Crippen LogP contribution < -0.4 is 0 Å². The van der Waals surface area contributed by atoms with Gasteiger partial charge in [0.1, 0.15) is 0 Å². The van der Waals surface area contributed by atoms with Gasteiger partial charge in [-0.05, 0) is 6.92 Å². The first-order chi connectivity index (χ1) is 3.06. The molecule has 0 heterocycles. The molecule has 7 heavy (non-hydrogen) atoms. The number of hydrogen-bond acceptors (Lipinski definition) is 2. The van der Waals surface area contributed by atoms with Crippen LogP contribution in [0.4, 0.5) is 8.39 Å². The molecule has 0 saturated carbocycles. The van der Waals surface area contributed by atoms with E-state index in [1.165, 1.54) is 6.92 Å². The summed E-state index contributed by atoms with van der Waals surface area (Å²) in [6.45, 7) is 1.15. The Morgan fingerprint density at radius 2 is 2.14 bits per heavy atom. The fraction of sp³-hybridized carbons (Fsp3) is 1.00. The van der Waals surface area contributed by atoms with Crippen molar-refractivity contribution >= 4 is 7.99 Å². The Balaban J connectivity index is 3.36. The molecule has 0 fully saturated rings. The van der Waals surface area contributed by atoms with E-state index < -0.39 is 7.99 Å². The monoisotopic (exact) mass is 130 g/mol. The van der Waals surface area contributed by atoms with E-state index in [1.54, 1.807) is 0 Å². The standard InChI is InChI=1S/C2H5F2O2P/c1-2-6-7(3,4)5/h2H2,1H3. The molecule has 2 nitrogen and oxygen atoms in total. The summed E-state index contributed by atoms with van der Waals surface area (Å²) in [5.74, 6) is 0. The Morgan fingerprint density at radius 1 is 1.71 bits per heavy atom. The van der Waals surface area contributed by atoms with Crippen molar-refractivity contribution in [3.8, 4) is 0 Å². The predicted molar refractivity (Wildman–Crippen MR) is 21.4 cm³/mol. The van der Waals surface area contributed by atoms with E-state index in [9.17, 15) is 13.0 Å². The average Bonchev–Trinajstić information content (AvgIpc) is 1.30. The van der Waals surface area contributed by atoms with Crippen LogP contribution in [0, 0.1) is 0 Å². The Bertz CT molecular complexity index is 87.7. The van der Waals surface area contributed by atoms with Crippen molar-refractivity contribution in [1.29, 1.82) is 0 Å². The summed E-state index contributed by atoms with van der Waals surface area (Å²) in [7, 11) is -5.17. The van der Waals surface area contributed by atoms with Crippen molar-refractivity contribution in [2.45, 2.75) is 6.92 Å². The molecule has 0 rings (SSSR count). The molecule has 0 aromatic carbocycles. The lowest BCUT2D eigenvalue weighted by Crippen LogP contribution is -1.76. The van der Waals surface area contributed by atoms with Crippen LogP contribution in [0.5, 0.6) is 0 Å². The van der Waals surface area contributed by atoms with Crippen LogP contribution in [0.1, 0.15) is 6.92 Å². The van der Waals surface area contributed by atoms with Gasteiger partial charge < -0.3 is 0 Å². The largest absolute Gasteiger partial charge is 0.551 e. The molecule has 0 aliphatic heterocycles. The first-order valence-electron chi connectivity index (χ1n) is 1.70. The van der Waals surface area contributed by atoms with Crippen molar-refractivity contribution in [2.75, 3.05) is 6.61 Å². The highest BCUT2D eigenvalue weighted by Crippen LogP contribution is 2.49. The van der Waals surface area contributed by atoms with Gasteiger partial charge in [-0.1, -0.05) is 0 Å². The SMILES string of the molecule is CCOP(=O)(F)F. The van der Waals surface area contributed by atoms with Crippen LogP contribution in [-0.2, 0) is 9.09 Å². The molecule has 5 heteroatoms. The second kappa shape index (κ2) is 2.38. The lowest BCUT2D eigenvalue weighted by Gasteiger charge is -1.92. The lowest BCUT2D eigenvalue weighted by molar-refractivity contribution is 0.270. The second-order valence-corrected chi connectivity index (χ2v) is 1.92. The molecule has 44 valence electrons. The molecule has 0 radical (unpaired) electrons. The van der Waals surface area contributed by atoms with Crippen molar-refractivity contribution in [1.82, 2.24) is 0 Å². The number of halogens is 2. The molecule has 0 aromatic rings. The van der Waals surface area contributed by atoms with Gasteiger partial charge in [-0.15, -0.1) is 8.39 Å². The van der Waals surface area contributed by atoms with Gasteiger partial charge in [0.15, 0.2) is 0 Å². The maximum atomic E-state index is 11.1. The van der Waals surface area contributed by atoms with E-state index in [4.69, 9.17) is 0 Å². The van der Waals surface area contributed by atoms with Gasteiger partial charge >= 0.3 is 7.99 Å². The fourth-order valence-corrected chi connectivity index (χ4v) is 0.451. The van der Waals surface area contributed by atoms with Crippen LogP contribution in [0.25, 0.3) is 0 Å². The Kier molecular flexibility index (Phi) is 2.40. The van der Waals surface area contributed by atoms with Gasteiger partial charge in [0.25, 0.3) is 0 Å². The van der Waals surface area contributed by atoms with Gasteiger partial charge in [-0.2, -0.15) is 0 Å². The van der Waals surface area contributed by atoms with Crippen LogP contribution >= 0.6 is 7.99 Å². The van der Waals surface area contributed by atoms with Crippen molar-refractivity contribution in [3.63, 3.8) is 0 Å². The average molecular weight is 130 g/mol. The highest BCUT2D eigenvalue weighted by molar-refractivity contribution is 7.47. The molecular weight excluding hydrogens is 125 g/mol. The molecule has 0 N–H and O–H groups in total. The van der Waals surface area contributed by atoms with Crippen molar-refractivity contribution in [3.05, 3.63) is 0 Å². The Morgan fingerprint density at radius 3 is 2.14 bits per heavy atom. The van der Waals surface area contributed by atoms with E-state index in [0.29, 0.717) is 0 Å². The minimum atomic E-state index is -5.17. The zero-order valence-electron chi connectivity index (χ0n) is 3.73. The molecular formula is C2H5F2O2P. The van der Waals surface area contributed by atoms with E-state index >= 15 is 0 Å². The predicted octanol–water partition coefficient (Wildman–Crippen LogP) is 2.07. The molecule has 0 spiro atoms. The molecule has 0 saturated heterocycles. The van der Waals surface area contributed by atoms with Gasteiger partial charge in [0, 0.05) is 0 Å². The highest BCUT2D eigenvalue weighted by atomic mass is 31.2. The zero-order valence-corrected chi connectivity index (χ0v) is 4.62. The summed E-state index contributed by atoms with van der Waals surface area (Å²) in [5, 5.41) is 0. The normalized spacial score (nSPS) is 11.9. The van der Waals surface area contributed by atoms with Crippen molar-refractivity contribution in [2.24, 2.45) is 0 Å². The molecule has 0 bridgehead atoms. The first kappa shape index (κ1) is 7.05. The third-order valence-corrected chi connectivity index (χ3v) is 0.838. The van der Waals surface area contributed by atoms with E-state index in [-0.39, 0.29) is 6.61 Å². The summed E-state index contributed by atoms with van der Waals surface area (Å²) < 4.78 is 34.8. The third-order valence-electron chi connectivity index (χ3n) is 0.279. The molecule has 0 atom stereocenters. The van der Waals surface area contributed by atoms with Gasteiger partial charge in [0.2, 0.25) is 0 Å². The fourth-order valence-electron chi connectivity index (χ4n) is 0.150. The zero-order chi connectivity index (χ0) is 5.91. The smallest absolute Gasteiger partial charge is 0.281 e. The number of hydrogen-bond donors (Lipinski definition) is 0. The third kappa shape index (κ3) is 6.05. The summed E-state index contributed by atoms with van der Waals surface area (Å²) in [6.07, 6.45) is 0. The van der Waals surface area contributed by atoms with E-state index in [2.05, 4.69) is 4.52 Å². The quantitative estimate of drug-likeness (QED) is 0.535. The van der Waals surface area contributed by atoms with E-state index in [1.807, 2.05) is 0 Å². The molecule has 0 aliphatic carbocycles. The van der Waals surface area contributed by atoms with E-state index in [0.717, 1.165) is 0 Å². The second-order valence-electron chi connectivity index (χ2n) is 0.832. The Hall–Kier alpha value is 0.0500. The van der Waals surface area contributed by atoms with Crippen LogP contribution in [-0.4, -0.2) is 6.61 Å². The minimum absolute atomic E-state index is 0.204. The van der Waals surface area contributed by atoms with Crippen LogP contribution in [0.15, 0.2) is 0 Å². The maximum Gasteiger partial charge on any atom is 0.551 e. The van der Waals surface area contributed by atoms with Gasteiger partial charge in [0.05, 0.1) is 6.61 Å². The summed E-state index contributed by atoms with van der Waals surface area (Å²) in [5.41, 5.74) is 0. The molecule has 0 unspecified atom stereocenters.